The van der Waals surface area contributed by atoms with Crippen LogP contribution < -0.4 is 0 Å². The molecule has 1 aromatic carbocycles. The molecule has 16 heavy (non-hydrogen) atoms. The first-order valence-corrected chi connectivity index (χ1v) is 5.92. The van der Waals surface area contributed by atoms with Crippen LogP contribution in [-0.2, 0) is 9.53 Å². The Kier molecular flexibility index (Phi) is 3.28. The van der Waals surface area contributed by atoms with E-state index in [1.807, 2.05) is 19.9 Å². The number of carbonyl (C=O) groups excluding carboxylic acids is 1. The van der Waals surface area contributed by atoms with Crippen molar-refractivity contribution < 1.29 is 9.53 Å². The van der Waals surface area contributed by atoms with E-state index in [0.717, 1.165) is 12.8 Å². The highest BCUT2D eigenvalue weighted by molar-refractivity contribution is 5.71. The predicted molar refractivity (Wildman–Crippen MR) is 63.1 cm³/mol. The summed E-state index contributed by atoms with van der Waals surface area (Å²) in [5.74, 6) is 0.485. The smallest absolute Gasteiger partial charge is 0.308 e. The average molecular weight is 218 g/mol. The maximum Gasteiger partial charge on any atom is 0.308 e. The average Bonchev–Trinajstić information content (AvgIpc) is 2.23. The van der Waals surface area contributed by atoms with Gasteiger partial charge < -0.3 is 4.74 Å². The molecule has 1 aromatic rings. The molecule has 0 spiro atoms. The standard InChI is InChI=1S/C14H18O2/c1-10(2)14(15)16-13-8-12(9-13)11-6-4-3-5-7-11/h3-7,10,12-13H,8-9H2,1-2H3. The molecule has 0 N–H and O–H groups in total. The Bertz CT molecular complexity index is 350. The molecular weight excluding hydrogens is 200 g/mol. The number of hydrogen-bond acceptors (Lipinski definition) is 2. The van der Waals surface area contributed by atoms with Crippen LogP contribution in [0.1, 0.15) is 38.2 Å². The van der Waals surface area contributed by atoms with Crippen LogP contribution in [0, 0.1) is 5.92 Å². The van der Waals surface area contributed by atoms with Crippen LogP contribution in [-0.4, -0.2) is 12.1 Å². The number of esters is 1. The maximum atomic E-state index is 11.4. The normalized spacial score (nSPS) is 23.9. The largest absolute Gasteiger partial charge is 0.462 e. The van der Waals surface area contributed by atoms with Crippen molar-refractivity contribution in [3.63, 3.8) is 0 Å². The van der Waals surface area contributed by atoms with E-state index >= 15 is 0 Å². The first kappa shape index (κ1) is 11.2. The van der Waals surface area contributed by atoms with Crippen molar-refractivity contribution in [3.05, 3.63) is 35.9 Å². The lowest BCUT2D eigenvalue weighted by atomic mass is 9.77. The Morgan fingerprint density at radius 3 is 2.44 bits per heavy atom. The number of ether oxygens (including phenoxy) is 1. The summed E-state index contributed by atoms with van der Waals surface area (Å²) in [5.41, 5.74) is 1.36. The highest BCUT2D eigenvalue weighted by Crippen LogP contribution is 2.38. The Labute approximate surface area is 96.6 Å². The molecule has 0 atom stereocenters. The first-order valence-electron chi connectivity index (χ1n) is 5.92. The Balaban J connectivity index is 1.80. The van der Waals surface area contributed by atoms with Crippen LogP contribution >= 0.6 is 0 Å². The summed E-state index contributed by atoms with van der Waals surface area (Å²) in [6, 6.07) is 10.4. The molecule has 0 radical (unpaired) electrons. The van der Waals surface area contributed by atoms with Gasteiger partial charge in [0.25, 0.3) is 0 Å². The van der Waals surface area contributed by atoms with Crippen molar-refractivity contribution >= 4 is 5.97 Å². The van der Waals surface area contributed by atoms with Crippen LogP contribution in [0.25, 0.3) is 0 Å². The molecule has 0 heterocycles. The van der Waals surface area contributed by atoms with E-state index in [0.29, 0.717) is 5.92 Å². The van der Waals surface area contributed by atoms with Crippen LogP contribution in [0.3, 0.4) is 0 Å². The third-order valence-corrected chi connectivity index (χ3v) is 3.12. The zero-order chi connectivity index (χ0) is 11.5. The lowest BCUT2D eigenvalue weighted by Crippen LogP contribution is -2.33. The Morgan fingerprint density at radius 1 is 1.25 bits per heavy atom. The van der Waals surface area contributed by atoms with E-state index in [2.05, 4.69) is 24.3 Å². The zero-order valence-corrected chi connectivity index (χ0v) is 9.85. The molecule has 1 fully saturated rings. The van der Waals surface area contributed by atoms with Crippen LogP contribution in [0.2, 0.25) is 0 Å². The summed E-state index contributed by atoms with van der Waals surface area (Å²) in [7, 11) is 0. The number of benzene rings is 1. The second-order valence-corrected chi connectivity index (χ2v) is 4.79. The molecule has 1 aliphatic carbocycles. The van der Waals surface area contributed by atoms with Gasteiger partial charge in [-0.15, -0.1) is 0 Å². The fourth-order valence-electron chi connectivity index (χ4n) is 1.96. The van der Waals surface area contributed by atoms with E-state index in [1.54, 1.807) is 0 Å². The number of rotatable bonds is 3. The molecule has 1 saturated carbocycles. The molecule has 0 saturated heterocycles. The van der Waals surface area contributed by atoms with Crippen molar-refractivity contribution in [2.45, 2.75) is 38.7 Å². The van der Waals surface area contributed by atoms with E-state index in [4.69, 9.17) is 4.74 Å². The fraction of sp³-hybridized carbons (Fsp3) is 0.500. The van der Waals surface area contributed by atoms with Gasteiger partial charge in [-0.2, -0.15) is 0 Å². The molecule has 0 unspecified atom stereocenters. The summed E-state index contributed by atoms with van der Waals surface area (Å²) in [6.07, 6.45) is 2.09. The summed E-state index contributed by atoms with van der Waals surface area (Å²) in [5, 5.41) is 0. The third-order valence-electron chi connectivity index (χ3n) is 3.12. The topological polar surface area (TPSA) is 26.3 Å². The van der Waals surface area contributed by atoms with Gasteiger partial charge in [0, 0.05) is 0 Å². The van der Waals surface area contributed by atoms with E-state index in [-0.39, 0.29) is 18.0 Å². The first-order chi connectivity index (χ1) is 7.66. The van der Waals surface area contributed by atoms with Gasteiger partial charge in [-0.25, -0.2) is 0 Å². The van der Waals surface area contributed by atoms with Gasteiger partial charge in [-0.3, -0.25) is 4.79 Å². The molecule has 2 heteroatoms. The van der Waals surface area contributed by atoms with Crippen LogP contribution in [0.4, 0.5) is 0 Å². The summed E-state index contributed by atoms with van der Waals surface area (Å²) < 4.78 is 5.36. The van der Waals surface area contributed by atoms with E-state index < -0.39 is 0 Å². The lowest BCUT2D eigenvalue weighted by molar-refractivity contribution is -0.157. The van der Waals surface area contributed by atoms with Gasteiger partial charge in [-0.05, 0) is 24.3 Å². The number of hydrogen-bond donors (Lipinski definition) is 0. The molecule has 0 aliphatic heterocycles. The SMILES string of the molecule is CC(C)C(=O)OC1CC(c2ccccc2)C1. The quantitative estimate of drug-likeness (QED) is 0.728. The van der Waals surface area contributed by atoms with Gasteiger partial charge in [0.05, 0.1) is 5.92 Å². The van der Waals surface area contributed by atoms with Gasteiger partial charge in [0.2, 0.25) is 0 Å². The second-order valence-electron chi connectivity index (χ2n) is 4.79. The van der Waals surface area contributed by atoms with Crippen molar-refractivity contribution in [3.8, 4) is 0 Å². The summed E-state index contributed by atoms with van der Waals surface area (Å²) >= 11 is 0. The Hall–Kier alpha value is -1.31. The molecule has 86 valence electrons. The monoisotopic (exact) mass is 218 g/mol. The lowest BCUT2D eigenvalue weighted by Gasteiger charge is -2.35. The Morgan fingerprint density at radius 2 is 1.88 bits per heavy atom. The van der Waals surface area contributed by atoms with Crippen molar-refractivity contribution in [1.29, 1.82) is 0 Å². The highest BCUT2D eigenvalue weighted by Gasteiger charge is 2.33. The minimum absolute atomic E-state index is 0.0178. The van der Waals surface area contributed by atoms with Gasteiger partial charge >= 0.3 is 5.97 Å². The van der Waals surface area contributed by atoms with E-state index in [1.165, 1.54) is 5.56 Å². The van der Waals surface area contributed by atoms with Crippen LogP contribution in [0.5, 0.6) is 0 Å². The molecule has 2 nitrogen and oxygen atoms in total. The molecular formula is C14H18O2. The van der Waals surface area contributed by atoms with Crippen molar-refractivity contribution in [2.75, 3.05) is 0 Å². The molecule has 2 rings (SSSR count). The van der Waals surface area contributed by atoms with Crippen molar-refractivity contribution in [2.24, 2.45) is 5.92 Å². The maximum absolute atomic E-state index is 11.4. The molecule has 0 aromatic heterocycles. The molecule has 0 bridgehead atoms. The third kappa shape index (κ3) is 2.43. The van der Waals surface area contributed by atoms with Crippen LogP contribution in [0.15, 0.2) is 30.3 Å². The van der Waals surface area contributed by atoms with E-state index in [9.17, 15) is 4.79 Å². The highest BCUT2D eigenvalue weighted by atomic mass is 16.5. The van der Waals surface area contributed by atoms with Gasteiger partial charge in [-0.1, -0.05) is 44.2 Å². The summed E-state index contributed by atoms with van der Waals surface area (Å²) in [6.45, 7) is 3.74. The second kappa shape index (κ2) is 4.69. The minimum Gasteiger partial charge on any atom is -0.462 e. The van der Waals surface area contributed by atoms with Crippen molar-refractivity contribution in [1.82, 2.24) is 0 Å². The van der Waals surface area contributed by atoms with Gasteiger partial charge in [0.1, 0.15) is 6.10 Å². The molecule has 0 amide bonds. The molecule has 1 aliphatic rings. The van der Waals surface area contributed by atoms with Gasteiger partial charge in [0.15, 0.2) is 0 Å². The fourth-order valence-corrected chi connectivity index (χ4v) is 1.96. The predicted octanol–water partition coefficient (Wildman–Crippen LogP) is 3.13. The minimum atomic E-state index is -0.0727. The number of carbonyl (C=O) groups is 1. The zero-order valence-electron chi connectivity index (χ0n) is 9.85. The summed E-state index contributed by atoms with van der Waals surface area (Å²) in [4.78, 5) is 11.4.